The predicted molar refractivity (Wildman–Crippen MR) is 94.3 cm³/mol. The molecule has 24 heavy (non-hydrogen) atoms. The van der Waals surface area contributed by atoms with E-state index in [9.17, 15) is 0 Å². The Morgan fingerprint density at radius 2 is 1.83 bits per heavy atom. The molecule has 0 amide bonds. The Morgan fingerprint density at radius 1 is 1.08 bits per heavy atom. The molecular formula is C18H16N4OS. The van der Waals surface area contributed by atoms with Crippen molar-refractivity contribution in [1.82, 2.24) is 14.8 Å². The highest BCUT2D eigenvalue weighted by Crippen LogP contribution is 2.28. The Hall–Kier alpha value is -2.78. The van der Waals surface area contributed by atoms with E-state index in [1.54, 1.807) is 0 Å². The molecule has 120 valence electrons. The first-order chi connectivity index (χ1) is 11.8. The minimum atomic E-state index is 0.323. The van der Waals surface area contributed by atoms with Crippen LogP contribution in [0.3, 0.4) is 0 Å². The smallest absolute Gasteiger partial charge is 0.197 e. The van der Waals surface area contributed by atoms with Crippen LogP contribution in [-0.4, -0.2) is 27.1 Å². The Kier molecular flexibility index (Phi) is 5.14. The molecule has 0 fully saturated rings. The number of aromatic nitrogens is 3. The van der Waals surface area contributed by atoms with Gasteiger partial charge in [0.1, 0.15) is 5.75 Å². The van der Waals surface area contributed by atoms with Crippen LogP contribution in [0.25, 0.3) is 17.1 Å². The van der Waals surface area contributed by atoms with Crippen molar-refractivity contribution in [2.75, 3.05) is 12.4 Å². The zero-order valence-electron chi connectivity index (χ0n) is 13.2. The maximum absolute atomic E-state index is 8.86. The van der Waals surface area contributed by atoms with Gasteiger partial charge in [-0.1, -0.05) is 42.1 Å². The molecule has 2 aromatic carbocycles. The topological polar surface area (TPSA) is 63.7 Å². The molecule has 0 N–H and O–H groups in total. The van der Waals surface area contributed by atoms with Crippen LogP contribution < -0.4 is 4.74 Å². The second kappa shape index (κ2) is 7.66. The van der Waals surface area contributed by atoms with E-state index in [-0.39, 0.29) is 0 Å². The average Bonchev–Trinajstić information content (AvgIpc) is 3.05. The van der Waals surface area contributed by atoms with E-state index in [0.717, 1.165) is 22.8 Å². The van der Waals surface area contributed by atoms with Gasteiger partial charge in [0.15, 0.2) is 11.0 Å². The third-order valence-corrected chi connectivity index (χ3v) is 4.13. The third-order valence-electron chi connectivity index (χ3n) is 3.34. The Labute approximate surface area is 144 Å². The molecule has 0 saturated heterocycles. The minimum absolute atomic E-state index is 0.323. The first-order valence-corrected chi connectivity index (χ1v) is 8.56. The first kappa shape index (κ1) is 16.1. The lowest BCUT2D eigenvalue weighted by atomic mass is 10.2. The molecule has 0 atom stereocenters. The molecule has 1 aromatic heterocycles. The molecule has 6 heteroatoms. The summed E-state index contributed by atoms with van der Waals surface area (Å²) in [6, 6.07) is 19.8. The second-order valence-electron chi connectivity index (χ2n) is 4.88. The van der Waals surface area contributed by atoms with Crippen molar-refractivity contribution in [1.29, 1.82) is 5.26 Å². The highest BCUT2D eigenvalue weighted by Gasteiger charge is 2.15. The Balaban J connectivity index is 2.06. The van der Waals surface area contributed by atoms with E-state index in [1.807, 2.05) is 66.1 Å². The number of benzene rings is 2. The molecule has 0 saturated carbocycles. The summed E-state index contributed by atoms with van der Waals surface area (Å²) >= 11 is 1.37. The van der Waals surface area contributed by atoms with Gasteiger partial charge in [-0.05, 0) is 31.2 Å². The summed E-state index contributed by atoms with van der Waals surface area (Å²) < 4.78 is 7.46. The fourth-order valence-electron chi connectivity index (χ4n) is 2.33. The molecule has 0 aliphatic rings. The molecule has 0 spiro atoms. The van der Waals surface area contributed by atoms with Crippen LogP contribution in [0.2, 0.25) is 0 Å². The van der Waals surface area contributed by atoms with E-state index in [2.05, 4.69) is 16.3 Å². The lowest BCUT2D eigenvalue weighted by Gasteiger charge is -2.11. The van der Waals surface area contributed by atoms with Crippen molar-refractivity contribution >= 4 is 11.8 Å². The standard InChI is InChI=1S/C18H16N4OS/c1-2-23-16-10-8-15(9-11-16)22-17(14-6-4-3-5-7-14)20-21-18(22)24-13-12-19/h3-11H,2,13H2,1H3. The van der Waals surface area contributed by atoms with Crippen molar-refractivity contribution in [2.45, 2.75) is 12.1 Å². The van der Waals surface area contributed by atoms with Gasteiger partial charge in [-0.25, -0.2) is 0 Å². The van der Waals surface area contributed by atoms with Gasteiger partial charge in [0.2, 0.25) is 0 Å². The molecule has 1 heterocycles. The average molecular weight is 336 g/mol. The SMILES string of the molecule is CCOc1ccc(-n2c(SCC#N)nnc2-c2ccccc2)cc1. The van der Waals surface area contributed by atoms with Crippen LogP contribution in [0.1, 0.15) is 6.92 Å². The van der Waals surface area contributed by atoms with Gasteiger partial charge in [0.25, 0.3) is 0 Å². The number of nitriles is 1. The lowest BCUT2D eigenvalue weighted by Crippen LogP contribution is -2.00. The molecule has 0 radical (unpaired) electrons. The Bertz CT molecular complexity index is 838. The molecule has 3 aromatic rings. The van der Waals surface area contributed by atoms with E-state index in [1.165, 1.54) is 11.8 Å². The van der Waals surface area contributed by atoms with Crippen LogP contribution in [0.15, 0.2) is 59.8 Å². The van der Waals surface area contributed by atoms with Crippen LogP contribution in [0.5, 0.6) is 5.75 Å². The summed E-state index contributed by atoms with van der Waals surface area (Å²) in [5.74, 6) is 1.89. The third kappa shape index (κ3) is 3.42. The molecular weight excluding hydrogens is 320 g/mol. The quantitative estimate of drug-likeness (QED) is 0.638. The highest BCUT2D eigenvalue weighted by molar-refractivity contribution is 7.99. The van der Waals surface area contributed by atoms with Gasteiger partial charge in [0.05, 0.1) is 18.4 Å². The van der Waals surface area contributed by atoms with E-state index < -0.39 is 0 Å². The van der Waals surface area contributed by atoms with Crippen LogP contribution in [0.4, 0.5) is 0 Å². The van der Waals surface area contributed by atoms with Gasteiger partial charge in [-0.15, -0.1) is 10.2 Å². The van der Waals surface area contributed by atoms with Gasteiger partial charge in [0, 0.05) is 11.3 Å². The largest absolute Gasteiger partial charge is 0.494 e. The molecule has 3 rings (SSSR count). The Morgan fingerprint density at radius 3 is 2.50 bits per heavy atom. The maximum Gasteiger partial charge on any atom is 0.197 e. The van der Waals surface area contributed by atoms with Crippen molar-refractivity contribution in [3.63, 3.8) is 0 Å². The number of ether oxygens (including phenoxy) is 1. The van der Waals surface area contributed by atoms with Crippen molar-refractivity contribution in [2.24, 2.45) is 0 Å². The normalized spacial score (nSPS) is 10.3. The molecule has 0 aliphatic carbocycles. The van der Waals surface area contributed by atoms with Crippen LogP contribution >= 0.6 is 11.8 Å². The summed E-state index contributed by atoms with van der Waals surface area (Å²) in [5.41, 5.74) is 1.91. The van der Waals surface area contributed by atoms with E-state index >= 15 is 0 Å². The zero-order valence-corrected chi connectivity index (χ0v) is 14.0. The van der Waals surface area contributed by atoms with Gasteiger partial charge >= 0.3 is 0 Å². The minimum Gasteiger partial charge on any atom is -0.494 e. The molecule has 0 bridgehead atoms. The number of nitrogens with zero attached hydrogens (tertiary/aromatic N) is 4. The van der Waals surface area contributed by atoms with Crippen LogP contribution in [0, 0.1) is 11.3 Å². The second-order valence-corrected chi connectivity index (χ2v) is 5.82. The fraction of sp³-hybridized carbons (Fsp3) is 0.167. The summed E-state index contributed by atoms with van der Waals surface area (Å²) in [6.45, 7) is 2.59. The molecule has 0 unspecified atom stereocenters. The van der Waals surface area contributed by atoms with Crippen molar-refractivity contribution in [3.05, 3.63) is 54.6 Å². The van der Waals surface area contributed by atoms with E-state index in [4.69, 9.17) is 10.00 Å². The summed E-state index contributed by atoms with van der Waals surface area (Å²) in [5, 5.41) is 18.1. The fourth-order valence-corrected chi connectivity index (χ4v) is 2.94. The number of thioether (sulfide) groups is 1. The monoisotopic (exact) mass is 336 g/mol. The van der Waals surface area contributed by atoms with Crippen molar-refractivity contribution < 1.29 is 4.74 Å². The predicted octanol–water partition coefficient (Wildman–Crippen LogP) is 3.95. The zero-order chi connectivity index (χ0) is 16.8. The molecule has 5 nitrogen and oxygen atoms in total. The maximum atomic E-state index is 8.86. The van der Waals surface area contributed by atoms with E-state index in [0.29, 0.717) is 17.5 Å². The number of hydrogen-bond donors (Lipinski definition) is 0. The van der Waals surface area contributed by atoms with Crippen molar-refractivity contribution in [3.8, 4) is 28.9 Å². The number of rotatable bonds is 6. The number of hydrogen-bond acceptors (Lipinski definition) is 5. The van der Waals surface area contributed by atoms with Gasteiger partial charge < -0.3 is 4.74 Å². The molecule has 0 aliphatic heterocycles. The summed E-state index contributed by atoms with van der Waals surface area (Å²) in [7, 11) is 0. The van der Waals surface area contributed by atoms with Crippen LogP contribution in [-0.2, 0) is 0 Å². The lowest BCUT2D eigenvalue weighted by molar-refractivity contribution is 0.340. The van der Waals surface area contributed by atoms with Gasteiger partial charge in [-0.3, -0.25) is 4.57 Å². The van der Waals surface area contributed by atoms with Gasteiger partial charge in [-0.2, -0.15) is 5.26 Å². The summed E-state index contributed by atoms with van der Waals surface area (Å²) in [4.78, 5) is 0. The first-order valence-electron chi connectivity index (χ1n) is 7.57. The highest BCUT2D eigenvalue weighted by atomic mass is 32.2. The summed E-state index contributed by atoms with van der Waals surface area (Å²) in [6.07, 6.45) is 0.